The van der Waals surface area contributed by atoms with Crippen LogP contribution < -0.4 is 0 Å². The van der Waals surface area contributed by atoms with Gasteiger partial charge in [0.15, 0.2) is 0 Å². The summed E-state index contributed by atoms with van der Waals surface area (Å²) in [5.74, 6) is -1.91. The Morgan fingerprint density at radius 1 is 1.35 bits per heavy atom. The predicted octanol–water partition coefficient (Wildman–Crippen LogP) is 2.57. The number of carbonyl (C=O) groups is 1. The van der Waals surface area contributed by atoms with Gasteiger partial charge in [-0.1, -0.05) is 35.3 Å². The molecule has 1 saturated heterocycles. The SMILES string of the molecule is CC1(c2cccc(Cl)c2Cl)OC(N2CCCS2(=O)=O)=C(O)C1=O. The van der Waals surface area contributed by atoms with Gasteiger partial charge in [0.05, 0.1) is 15.8 Å². The quantitative estimate of drug-likeness (QED) is 0.855. The number of hydrogen-bond acceptors (Lipinski definition) is 5. The van der Waals surface area contributed by atoms with Crippen molar-refractivity contribution in [2.75, 3.05) is 12.3 Å². The van der Waals surface area contributed by atoms with Crippen molar-refractivity contribution < 1.29 is 23.1 Å². The van der Waals surface area contributed by atoms with Crippen molar-refractivity contribution in [3.8, 4) is 0 Å². The van der Waals surface area contributed by atoms with Crippen LogP contribution in [0, 0.1) is 0 Å². The van der Waals surface area contributed by atoms with Crippen LogP contribution in [0.25, 0.3) is 0 Å². The lowest BCUT2D eigenvalue weighted by atomic mass is 9.91. The Morgan fingerprint density at radius 2 is 2.04 bits per heavy atom. The van der Waals surface area contributed by atoms with E-state index in [4.69, 9.17) is 27.9 Å². The van der Waals surface area contributed by atoms with Crippen LogP contribution in [0.4, 0.5) is 0 Å². The van der Waals surface area contributed by atoms with Gasteiger partial charge in [-0.3, -0.25) is 4.79 Å². The minimum Gasteiger partial charge on any atom is -0.501 e. The summed E-state index contributed by atoms with van der Waals surface area (Å²) in [6.45, 7) is 1.56. The molecular formula is C14H13Cl2NO5S. The number of nitrogens with zero attached hydrogens (tertiary/aromatic N) is 1. The van der Waals surface area contributed by atoms with Crippen LogP contribution in [0.2, 0.25) is 10.0 Å². The zero-order chi connectivity index (χ0) is 17.0. The molecule has 1 fully saturated rings. The van der Waals surface area contributed by atoms with Crippen molar-refractivity contribution in [2.45, 2.75) is 18.9 Å². The fourth-order valence-corrected chi connectivity index (χ4v) is 4.68. The van der Waals surface area contributed by atoms with E-state index in [9.17, 15) is 18.3 Å². The summed E-state index contributed by atoms with van der Waals surface area (Å²) in [5, 5.41) is 10.5. The number of rotatable bonds is 2. The molecule has 0 bridgehead atoms. The molecule has 0 saturated carbocycles. The third kappa shape index (κ3) is 2.38. The van der Waals surface area contributed by atoms with Gasteiger partial charge < -0.3 is 9.84 Å². The predicted molar refractivity (Wildman–Crippen MR) is 84.7 cm³/mol. The maximum atomic E-state index is 12.5. The Balaban J connectivity index is 2.06. The minimum atomic E-state index is -3.60. The van der Waals surface area contributed by atoms with E-state index in [2.05, 4.69) is 0 Å². The maximum absolute atomic E-state index is 12.5. The monoisotopic (exact) mass is 377 g/mol. The zero-order valence-electron chi connectivity index (χ0n) is 12.0. The van der Waals surface area contributed by atoms with Gasteiger partial charge in [-0.15, -0.1) is 0 Å². The van der Waals surface area contributed by atoms with E-state index in [0.717, 1.165) is 4.31 Å². The molecule has 124 valence electrons. The normalized spacial score (nSPS) is 26.7. The average molecular weight is 378 g/mol. The molecule has 9 heteroatoms. The first-order valence-electron chi connectivity index (χ1n) is 6.80. The first kappa shape index (κ1) is 16.4. The average Bonchev–Trinajstić information content (AvgIpc) is 2.94. The van der Waals surface area contributed by atoms with Crippen LogP contribution in [-0.4, -0.2) is 35.9 Å². The Hall–Kier alpha value is -1.44. The molecule has 0 radical (unpaired) electrons. The molecule has 0 aromatic heterocycles. The van der Waals surface area contributed by atoms with Crippen molar-refractivity contribution in [2.24, 2.45) is 0 Å². The number of carbonyl (C=O) groups excluding carboxylic acids is 1. The van der Waals surface area contributed by atoms with Crippen LogP contribution >= 0.6 is 23.2 Å². The molecular weight excluding hydrogens is 365 g/mol. The molecule has 1 unspecified atom stereocenters. The number of ketones is 1. The molecule has 1 N–H and O–H groups in total. The lowest BCUT2D eigenvalue weighted by molar-refractivity contribution is -0.132. The van der Waals surface area contributed by atoms with Crippen molar-refractivity contribution in [3.63, 3.8) is 0 Å². The molecule has 3 rings (SSSR count). The Labute approximate surface area is 143 Å². The number of ether oxygens (including phenoxy) is 1. The van der Waals surface area contributed by atoms with Crippen molar-refractivity contribution >= 4 is 39.0 Å². The molecule has 1 aromatic rings. The smallest absolute Gasteiger partial charge is 0.252 e. The summed E-state index contributed by atoms with van der Waals surface area (Å²) in [6.07, 6.45) is 0.394. The topological polar surface area (TPSA) is 83.9 Å². The molecule has 2 heterocycles. The van der Waals surface area contributed by atoms with E-state index < -0.39 is 27.2 Å². The molecule has 2 aliphatic heterocycles. The Bertz CT molecular complexity index is 836. The van der Waals surface area contributed by atoms with Gasteiger partial charge in [0.25, 0.3) is 11.7 Å². The molecule has 0 spiro atoms. The summed E-state index contributed by atoms with van der Waals surface area (Å²) < 4.78 is 30.5. The number of aliphatic hydroxyl groups is 1. The van der Waals surface area contributed by atoms with Crippen molar-refractivity contribution in [3.05, 3.63) is 45.5 Å². The summed E-state index contributed by atoms with van der Waals surface area (Å²) in [4.78, 5) is 12.5. The van der Waals surface area contributed by atoms with E-state index >= 15 is 0 Å². The highest BCUT2D eigenvalue weighted by Gasteiger charge is 2.52. The summed E-state index contributed by atoms with van der Waals surface area (Å²) in [7, 11) is -3.60. The third-order valence-corrected chi connectivity index (χ3v) is 6.59. The molecule has 2 aliphatic rings. The molecule has 6 nitrogen and oxygen atoms in total. The Kier molecular flexibility index (Phi) is 3.78. The molecule has 1 atom stereocenters. The number of sulfonamides is 1. The van der Waals surface area contributed by atoms with Crippen LogP contribution in [0.3, 0.4) is 0 Å². The fraction of sp³-hybridized carbons (Fsp3) is 0.357. The van der Waals surface area contributed by atoms with Gasteiger partial charge in [-0.25, -0.2) is 12.7 Å². The second-order valence-corrected chi connectivity index (χ2v) is 8.26. The van der Waals surface area contributed by atoms with Gasteiger partial charge in [0.1, 0.15) is 0 Å². The van der Waals surface area contributed by atoms with Crippen molar-refractivity contribution in [1.29, 1.82) is 0 Å². The highest BCUT2D eigenvalue weighted by molar-refractivity contribution is 7.89. The van der Waals surface area contributed by atoms with Crippen LogP contribution in [0.15, 0.2) is 29.8 Å². The lowest BCUT2D eigenvalue weighted by Gasteiger charge is -2.27. The van der Waals surface area contributed by atoms with E-state index in [1.165, 1.54) is 6.92 Å². The van der Waals surface area contributed by atoms with Gasteiger partial charge >= 0.3 is 0 Å². The van der Waals surface area contributed by atoms with Gasteiger partial charge in [-0.2, -0.15) is 0 Å². The van der Waals surface area contributed by atoms with Gasteiger partial charge in [0, 0.05) is 12.1 Å². The van der Waals surface area contributed by atoms with Gasteiger partial charge in [-0.05, 0) is 19.4 Å². The summed E-state index contributed by atoms with van der Waals surface area (Å²) >= 11 is 12.1. The summed E-state index contributed by atoms with van der Waals surface area (Å²) in [6, 6.07) is 4.68. The molecule has 0 amide bonds. The number of benzene rings is 1. The van der Waals surface area contributed by atoms with E-state index in [-0.39, 0.29) is 33.8 Å². The third-order valence-electron chi connectivity index (χ3n) is 3.94. The highest BCUT2D eigenvalue weighted by atomic mass is 35.5. The highest BCUT2D eigenvalue weighted by Crippen LogP contribution is 2.44. The van der Waals surface area contributed by atoms with Crippen LogP contribution in [0.1, 0.15) is 18.9 Å². The van der Waals surface area contributed by atoms with Gasteiger partial charge in [0.2, 0.25) is 21.4 Å². The maximum Gasteiger partial charge on any atom is 0.252 e. The zero-order valence-corrected chi connectivity index (χ0v) is 14.4. The molecule has 1 aromatic carbocycles. The van der Waals surface area contributed by atoms with E-state index in [0.29, 0.717) is 6.42 Å². The first-order valence-corrected chi connectivity index (χ1v) is 9.17. The van der Waals surface area contributed by atoms with Crippen LogP contribution in [-0.2, 0) is 25.2 Å². The number of aliphatic hydroxyl groups excluding tert-OH is 1. The van der Waals surface area contributed by atoms with Crippen molar-refractivity contribution in [1.82, 2.24) is 4.31 Å². The molecule has 0 aliphatic carbocycles. The summed E-state index contributed by atoms with van der Waals surface area (Å²) in [5.41, 5.74) is -1.38. The standard InChI is InChI=1S/C14H13Cl2NO5S/c1-14(8-4-2-5-9(15)10(8)16)12(19)11(18)13(22-14)17-6-3-7-23(17,20)21/h2,4-5,18H,3,6-7H2,1H3. The second kappa shape index (κ2) is 5.29. The number of hydrogen-bond donors (Lipinski definition) is 1. The van der Waals surface area contributed by atoms with E-state index in [1.54, 1.807) is 18.2 Å². The van der Waals surface area contributed by atoms with Crippen LogP contribution in [0.5, 0.6) is 0 Å². The lowest BCUT2D eigenvalue weighted by Crippen LogP contribution is -2.33. The minimum absolute atomic E-state index is 0.0596. The second-order valence-electron chi connectivity index (χ2n) is 5.46. The Morgan fingerprint density at radius 3 is 2.65 bits per heavy atom. The van der Waals surface area contributed by atoms with E-state index in [1.807, 2.05) is 0 Å². The molecule has 23 heavy (non-hydrogen) atoms. The first-order chi connectivity index (χ1) is 10.7. The number of Topliss-reactive ketones (excluding diaryl/α,β-unsaturated/α-hetero) is 1. The largest absolute Gasteiger partial charge is 0.501 e. The fourth-order valence-electron chi connectivity index (χ4n) is 2.70. The number of halogens is 2.